The van der Waals surface area contributed by atoms with Gasteiger partial charge in [0.1, 0.15) is 11.4 Å². The van der Waals surface area contributed by atoms with Crippen LogP contribution in [0.3, 0.4) is 0 Å². The van der Waals surface area contributed by atoms with Crippen LogP contribution in [0.5, 0.6) is 5.88 Å². The maximum atomic E-state index is 12.0. The highest BCUT2D eigenvalue weighted by molar-refractivity contribution is 6.05. The highest BCUT2D eigenvalue weighted by Gasteiger charge is 2.13. The van der Waals surface area contributed by atoms with E-state index < -0.39 is 0 Å². The van der Waals surface area contributed by atoms with Gasteiger partial charge in [-0.2, -0.15) is 0 Å². The zero-order chi connectivity index (χ0) is 13.0. The van der Waals surface area contributed by atoms with Crippen molar-refractivity contribution in [1.82, 2.24) is 9.97 Å². The standard InChI is InChI=1S/C12H12N4O2/c1-18-12-9(3-2-6-14-12)11(17)16-10-5-4-8(13)7-15-10/h2-7H,13H2,1H3,(H,15,16,17). The van der Waals surface area contributed by atoms with Crippen molar-refractivity contribution in [1.29, 1.82) is 0 Å². The molecule has 3 N–H and O–H groups in total. The largest absolute Gasteiger partial charge is 0.480 e. The molecule has 18 heavy (non-hydrogen) atoms. The Bertz CT molecular complexity index is 554. The molecule has 0 bridgehead atoms. The molecular formula is C12H12N4O2. The third-order valence-electron chi connectivity index (χ3n) is 2.24. The molecular weight excluding hydrogens is 232 g/mol. The average Bonchev–Trinajstić information content (AvgIpc) is 2.41. The van der Waals surface area contributed by atoms with Crippen molar-refractivity contribution in [3.05, 3.63) is 42.2 Å². The lowest BCUT2D eigenvalue weighted by atomic mass is 10.2. The molecule has 0 aliphatic rings. The SMILES string of the molecule is COc1ncccc1C(=O)Nc1ccc(N)cn1. The van der Waals surface area contributed by atoms with E-state index in [2.05, 4.69) is 15.3 Å². The van der Waals surface area contributed by atoms with Gasteiger partial charge in [-0.15, -0.1) is 0 Å². The normalized spacial score (nSPS) is 9.83. The van der Waals surface area contributed by atoms with Crippen molar-refractivity contribution in [2.45, 2.75) is 0 Å². The highest BCUT2D eigenvalue weighted by atomic mass is 16.5. The fraction of sp³-hybridized carbons (Fsp3) is 0.0833. The summed E-state index contributed by atoms with van der Waals surface area (Å²) in [5.74, 6) is 0.350. The first-order valence-corrected chi connectivity index (χ1v) is 5.22. The number of hydrogen-bond donors (Lipinski definition) is 2. The maximum absolute atomic E-state index is 12.0. The van der Waals surface area contributed by atoms with Crippen molar-refractivity contribution in [2.24, 2.45) is 0 Å². The number of methoxy groups -OCH3 is 1. The summed E-state index contributed by atoms with van der Waals surface area (Å²) in [7, 11) is 1.46. The van der Waals surface area contributed by atoms with E-state index in [1.807, 2.05) is 0 Å². The number of nitrogens with one attached hydrogen (secondary N) is 1. The summed E-state index contributed by atoms with van der Waals surface area (Å²) in [6.45, 7) is 0. The highest BCUT2D eigenvalue weighted by Crippen LogP contribution is 2.15. The second-order valence-corrected chi connectivity index (χ2v) is 3.49. The predicted molar refractivity (Wildman–Crippen MR) is 67.4 cm³/mol. The lowest BCUT2D eigenvalue weighted by Crippen LogP contribution is -2.14. The molecule has 0 aliphatic heterocycles. The first-order chi connectivity index (χ1) is 8.70. The molecule has 2 aromatic heterocycles. The van der Waals surface area contributed by atoms with Crippen molar-refractivity contribution < 1.29 is 9.53 Å². The molecule has 0 aliphatic carbocycles. The van der Waals surface area contributed by atoms with E-state index in [1.165, 1.54) is 13.3 Å². The molecule has 0 aromatic carbocycles. The van der Waals surface area contributed by atoms with Gasteiger partial charge in [0.25, 0.3) is 5.91 Å². The monoisotopic (exact) mass is 244 g/mol. The zero-order valence-electron chi connectivity index (χ0n) is 9.75. The van der Waals surface area contributed by atoms with Gasteiger partial charge in [0.15, 0.2) is 0 Å². The van der Waals surface area contributed by atoms with Crippen molar-refractivity contribution in [2.75, 3.05) is 18.2 Å². The van der Waals surface area contributed by atoms with Gasteiger partial charge in [0, 0.05) is 6.20 Å². The smallest absolute Gasteiger partial charge is 0.262 e. The number of carbonyl (C=O) groups is 1. The molecule has 0 unspecified atom stereocenters. The van der Waals surface area contributed by atoms with Gasteiger partial charge in [-0.1, -0.05) is 0 Å². The zero-order valence-corrected chi connectivity index (χ0v) is 9.75. The summed E-state index contributed by atoms with van der Waals surface area (Å²) in [6.07, 6.45) is 3.02. The molecule has 92 valence electrons. The summed E-state index contributed by atoms with van der Waals surface area (Å²) in [5.41, 5.74) is 6.39. The first-order valence-electron chi connectivity index (χ1n) is 5.22. The Labute approximate surface area is 104 Å². The number of nitrogen functional groups attached to an aromatic ring is 1. The van der Waals surface area contributed by atoms with Crippen LogP contribution in [0, 0.1) is 0 Å². The number of pyridine rings is 2. The molecule has 1 amide bonds. The minimum absolute atomic E-state index is 0.269. The summed E-state index contributed by atoms with van der Waals surface area (Å²) >= 11 is 0. The Morgan fingerprint density at radius 2 is 2.17 bits per heavy atom. The molecule has 0 saturated carbocycles. The lowest BCUT2D eigenvalue weighted by molar-refractivity contribution is 0.102. The van der Waals surface area contributed by atoms with Crippen LogP contribution in [-0.2, 0) is 0 Å². The minimum atomic E-state index is -0.336. The van der Waals surface area contributed by atoms with Crippen LogP contribution in [0.2, 0.25) is 0 Å². The van der Waals surface area contributed by atoms with Crippen LogP contribution < -0.4 is 15.8 Å². The Balaban J connectivity index is 2.19. The molecule has 0 fully saturated rings. The molecule has 2 heterocycles. The molecule has 6 nitrogen and oxygen atoms in total. The number of amides is 1. The molecule has 6 heteroatoms. The summed E-state index contributed by atoms with van der Waals surface area (Å²) in [4.78, 5) is 19.9. The number of carbonyl (C=O) groups excluding carboxylic acids is 1. The van der Waals surface area contributed by atoms with Crippen molar-refractivity contribution in [3.8, 4) is 5.88 Å². The second kappa shape index (κ2) is 5.13. The van der Waals surface area contributed by atoms with Gasteiger partial charge < -0.3 is 15.8 Å². The third-order valence-corrected chi connectivity index (χ3v) is 2.24. The van der Waals surface area contributed by atoms with Gasteiger partial charge in [0.05, 0.1) is 19.0 Å². The predicted octanol–water partition coefficient (Wildman–Crippen LogP) is 1.32. The first kappa shape index (κ1) is 11.8. The number of ether oxygens (including phenoxy) is 1. The van der Waals surface area contributed by atoms with Crippen LogP contribution in [0.1, 0.15) is 10.4 Å². The van der Waals surface area contributed by atoms with Gasteiger partial charge >= 0.3 is 0 Å². The van der Waals surface area contributed by atoms with E-state index in [0.29, 0.717) is 17.1 Å². The van der Waals surface area contributed by atoms with Gasteiger partial charge in [-0.3, -0.25) is 4.79 Å². The number of hydrogen-bond acceptors (Lipinski definition) is 5. The maximum Gasteiger partial charge on any atom is 0.262 e. The number of nitrogens with zero attached hydrogens (tertiary/aromatic N) is 2. The van der Waals surface area contributed by atoms with Crippen molar-refractivity contribution >= 4 is 17.4 Å². The fourth-order valence-corrected chi connectivity index (χ4v) is 1.39. The summed E-state index contributed by atoms with van der Waals surface area (Å²) < 4.78 is 5.01. The molecule has 0 saturated heterocycles. The minimum Gasteiger partial charge on any atom is -0.480 e. The van der Waals surface area contributed by atoms with Crippen LogP contribution in [0.4, 0.5) is 11.5 Å². The topological polar surface area (TPSA) is 90.1 Å². The molecule has 2 rings (SSSR count). The van der Waals surface area contributed by atoms with Crippen LogP contribution in [0.25, 0.3) is 0 Å². The van der Waals surface area contributed by atoms with E-state index in [4.69, 9.17) is 10.5 Å². The molecule has 0 atom stereocenters. The average molecular weight is 244 g/mol. The number of anilines is 2. The van der Waals surface area contributed by atoms with Gasteiger partial charge in [-0.25, -0.2) is 9.97 Å². The quantitative estimate of drug-likeness (QED) is 0.849. The van der Waals surface area contributed by atoms with Crippen molar-refractivity contribution in [3.63, 3.8) is 0 Å². The van der Waals surface area contributed by atoms with E-state index in [-0.39, 0.29) is 11.8 Å². The van der Waals surface area contributed by atoms with E-state index in [1.54, 1.807) is 30.5 Å². The number of aromatic nitrogens is 2. The van der Waals surface area contributed by atoms with Crippen LogP contribution >= 0.6 is 0 Å². The van der Waals surface area contributed by atoms with Crippen LogP contribution in [-0.4, -0.2) is 23.0 Å². The molecule has 0 spiro atoms. The third kappa shape index (κ3) is 2.54. The van der Waals surface area contributed by atoms with Crippen LogP contribution in [0.15, 0.2) is 36.7 Å². The Morgan fingerprint density at radius 3 is 2.83 bits per heavy atom. The molecule has 2 aromatic rings. The summed E-state index contributed by atoms with van der Waals surface area (Å²) in [5, 5.41) is 2.63. The number of rotatable bonds is 3. The van der Waals surface area contributed by atoms with E-state index in [9.17, 15) is 4.79 Å². The van der Waals surface area contributed by atoms with E-state index >= 15 is 0 Å². The second-order valence-electron chi connectivity index (χ2n) is 3.49. The summed E-state index contributed by atoms with van der Waals surface area (Å²) in [6, 6.07) is 6.56. The molecule has 0 radical (unpaired) electrons. The Kier molecular flexibility index (Phi) is 3.38. The fourth-order valence-electron chi connectivity index (χ4n) is 1.39. The Hall–Kier alpha value is -2.63. The Morgan fingerprint density at radius 1 is 1.33 bits per heavy atom. The number of nitrogens with two attached hydrogens (primary N) is 1. The van der Waals surface area contributed by atoms with E-state index in [0.717, 1.165) is 0 Å². The van der Waals surface area contributed by atoms with Gasteiger partial charge in [-0.05, 0) is 24.3 Å². The lowest BCUT2D eigenvalue weighted by Gasteiger charge is -2.07. The van der Waals surface area contributed by atoms with Gasteiger partial charge in [0.2, 0.25) is 5.88 Å².